The highest BCUT2D eigenvalue weighted by Crippen LogP contribution is 2.22. The molecule has 94 valence electrons. The predicted molar refractivity (Wildman–Crippen MR) is 69.6 cm³/mol. The average molecular weight is 333 g/mol. The van der Waals surface area contributed by atoms with E-state index in [1.165, 1.54) is 18.3 Å². The molecule has 0 aliphatic carbocycles. The van der Waals surface area contributed by atoms with Crippen LogP contribution in [0.1, 0.15) is 15.9 Å². The van der Waals surface area contributed by atoms with Gasteiger partial charge in [-0.1, -0.05) is 23.7 Å². The highest BCUT2D eigenvalue weighted by atomic mass is 79.9. The molecular weight excluding hydrogens is 324 g/mol. The molecule has 0 amide bonds. The Labute approximate surface area is 116 Å². The second-order valence-electron chi connectivity index (χ2n) is 3.70. The standard InChI is InChI=1S/C12H8BrClFNO2/c13-10-4-8(12(17)18)6-16(10)5-7-2-1-3-9(14)11(7)15/h1-4,6H,5H2,(H,17,18). The Morgan fingerprint density at radius 1 is 1.50 bits per heavy atom. The Morgan fingerprint density at radius 3 is 2.83 bits per heavy atom. The van der Waals surface area contributed by atoms with E-state index in [1.54, 1.807) is 16.7 Å². The number of carboxylic acids is 1. The van der Waals surface area contributed by atoms with Crippen LogP contribution in [0.2, 0.25) is 5.02 Å². The van der Waals surface area contributed by atoms with Crippen molar-refractivity contribution in [2.75, 3.05) is 0 Å². The van der Waals surface area contributed by atoms with Gasteiger partial charge >= 0.3 is 5.97 Å². The highest BCUT2D eigenvalue weighted by Gasteiger charge is 2.12. The van der Waals surface area contributed by atoms with E-state index < -0.39 is 11.8 Å². The van der Waals surface area contributed by atoms with Crippen LogP contribution in [-0.2, 0) is 6.54 Å². The Bertz CT molecular complexity index is 612. The minimum atomic E-state index is -1.03. The maximum absolute atomic E-state index is 13.7. The number of benzene rings is 1. The monoisotopic (exact) mass is 331 g/mol. The molecule has 0 bridgehead atoms. The van der Waals surface area contributed by atoms with Crippen LogP contribution in [0.4, 0.5) is 4.39 Å². The van der Waals surface area contributed by atoms with Crippen LogP contribution in [0.5, 0.6) is 0 Å². The molecule has 0 fully saturated rings. The lowest BCUT2D eigenvalue weighted by molar-refractivity contribution is 0.0697. The van der Waals surface area contributed by atoms with Crippen LogP contribution in [-0.4, -0.2) is 15.6 Å². The predicted octanol–water partition coefficient (Wildman–Crippen LogP) is 3.79. The Kier molecular flexibility index (Phi) is 3.73. The van der Waals surface area contributed by atoms with Gasteiger partial charge < -0.3 is 9.67 Å². The summed E-state index contributed by atoms with van der Waals surface area (Å²) in [5.74, 6) is -1.52. The molecule has 0 radical (unpaired) electrons. The molecule has 2 aromatic rings. The van der Waals surface area contributed by atoms with Gasteiger partial charge in [0, 0.05) is 11.8 Å². The molecule has 0 unspecified atom stereocenters. The molecule has 0 aliphatic rings. The van der Waals surface area contributed by atoms with Gasteiger partial charge in [-0.2, -0.15) is 0 Å². The maximum atomic E-state index is 13.7. The first-order valence-electron chi connectivity index (χ1n) is 5.01. The van der Waals surface area contributed by atoms with Gasteiger partial charge in [-0.15, -0.1) is 0 Å². The molecule has 0 saturated carbocycles. The van der Waals surface area contributed by atoms with Crippen LogP contribution in [0.15, 0.2) is 35.1 Å². The van der Waals surface area contributed by atoms with Gasteiger partial charge in [0.15, 0.2) is 0 Å². The number of rotatable bonds is 3. The van der Waals surface area contributed by atoms with Crippen LogP contribution in [0.25, 0.3) is 0 Å². The summed E-state index contributed by atoms with van der Waals surface area (Å²) in [7, 11) is 0. The van der Waals surface area contributed by atoms with E-state index in [0.717, 1.165) is 0 Å². The Balaban J connectivity index is 2.34. The molecule has 0 spiro atoms. The summed E-state index contributed by atoms with van der Waals surface area (Å²) in [6.07, 6.45) is 1.44. The number of hydrogen-bond acceptors (Lipinski definition) is 1. The lowest BCUT2D eigenvalue weighted by Gasteiger charge is -2.07. The first-order chi connectivity index (χ1) is 8.49. The van der Waals surface area contributed by atoms with Crippen molar-refractivity contribution in [1.29, 1.82) is 0 Å². The zero-order chi connectivity index (χ0) is 13.3. The van der Waals surface area contributed by atoms with E-state index in [9.17, 15) is 9.18 Å². The molecule has 1 heterocycles. The summed E-state index contributed by atoms with van der Waals surface area (Å²) >= 11 is 8.92. The first kappa shape index (κ1) is 13.1. The fraction of sp³-hybridized carbons (Fsp3) is 0.0833. The van der Waals surface area contributed by atoms with E-state index >= 15 is 0 Å². The highest BCUT2D eigenvalue weighted by molar-refractivity contribution is 9.10. The van der Waals surface area contributed by atoms with Crippen molar-refractivity contribution >= 4 is 33.5 Å². The van der Waals surface area contributed by atoms with Gasteiger partial charge in [0.1, 0.15) is 5.82 Å². The van der Waals surface area contributed by atoms with Gasteiger partial charge in [-0.3, -0.25) is 0 Å². The van der Waals surface area contributed by atoms with Crippen molar-refractivity contribution in [2.24, 2.45) is 0 Å². The van der Waals surface area contributed by atoms with Gasteiger partial charge in [0.2, 0.25) is 0 Å². The molecule has 1 N–H and O–H groups in total. The summed E-state index contributed by atoms with van der Waals surface area (Å²) in [6.45, 7) is 0.209. The lowest BCUT2D eigenvalue weighted by Crippen LogP contribution is -2.01. The van der Waals surface area contributed by atoms with Gasteiger partial charge in [-0.05, 0) is 28.1 Å². The molecule has 1 aromatic heterocycles. The van der Waals surface area contributed by atoms with Gasteiger partial charge in [0.25, 0.3) is 0 Å². The van der Waals surface area contributed by atoms with E-state index in [2.05, 4.69) is 15.9 Å². The van der Waals surface area contributed by atoms with E-state index in [1.807, 2.05) is 0 Å². The number of halogens is 3. The fourth-order valence-corrected chi connectivity index (χ4v) is 2.24. The number of aromatic nitrogens is 1. The Hall–Kier alpha value is -1.33. The average Bonchev–Trinajstić information content (AvgIpc) is 2.67. The summed E-state index contributed by atoms with van der Waals surface area (Å²) in [5, 5.41) is 8.91. The number of aromatic carboxylic acids is 1. The third-order valence-corrected chi connectivity index (χ3v) is 3.44. The summed E-state index contributed by atoms with van der Waals surface area (Å²) < 4.78 is 15.9. The topological polar surface area (TPSA) is 42.2 Å². The first-order valence-corrected chi connectivity index (χ1v) is 6.18. The van der Waals surface area contributed by atoms with Crippen molar-refractivity contribution in [3.63, 3.8) is 0 Å². The molecule has 18 heavy (non-hydrogen) atoms. The maximum Gasteiger partial charge on any atom is 0.337 e. The van der Waals surface area contributed by atoms with Crippen molar-refractivity contribution < 1.29 is 14.3 Å². The molecule has 6 heteroatoms. The second-order valence-corrected chi connectivity index (χ2v) is 4.92. The molecule has 0 atom stereocenters. The summed E-state index contributed by atoms with van der Waals surface area (Å²) in [4.78, 5) is 10.8. The lowest BCUT2D eigenvalue weighted by atomic mass is 10.2. The van der Waals surface area contributed by atoms with Gasteiger partial charge in [0.05, 0.1) is 21.7 Å². The smallest absolute Gasteiger partial charge is 0.337 e. The number of carboxylic acid groups (broad SMARTS) is 1. The third-order valence-electron chi connectivity index (χ3n) is 2.46. The molecular formula is C12H8BrClFNO2. The van der Waals surface area contributed by atoms with Crippen molar-refractivity contribution in [3.05, 3.63) is 57.0 Å². The largest absolute Gasteiger partial charge is 0.478 e. The summed E-state index contributed by atoms with van der Waals surface area (Å²) in [6, 6.07) is 6.18. The third kappa shape index (κ3) is 2.57. The fourth-order valence-electron chi connectivity index (χ4n) is 1.57. The van der Waals surface area contributed by atoms with Crippen LogP contribution < -0.4 is 0 Å². The van der Waals surface area contributed by atoms with Crippen molar-refractivity contribution in [3.8, 4) is 0 Å². The van der Waals surface area contributed by atoms with Crippen LogP contribution in [0.3, 0.4) is 0 Å². The van der Waals surface area contributed by atoms with Crippen molar-refractivity contribution in [1.82, 2.24) is 4.57 Å². The minimum absolute atomic E-state index is 0.0502. The Morgan fingerprint density at radius 2 is 2.22 bits per heavy atom. The molecule has 0 saturated heterocycles. The SMILES string of the molecule is O=C(O)c1cc(Br)n(Cc2cccc(Cl)c2F)c1. The van der Waals surface area contributed by atoms with E-state index in [4.69, 9.17) is 16.7 Å². The van der Waals surface area contributed by atoms with Gasteiger partial charge in [-0.25, -0.2) is 9.18 Å². The van der Waals surface area contributed by atoms with E-state index in [-0.39, 0.29) is 17.1 Å². The molecule has 3 nitrogen and oxygen atoms in total. The quantitative estimate of drug-likeness (QED) is 0.929. The van der Waals surface area contributed by atoms with Crippen LogP contribution >= 0.6 is 27.5 Å². The zero-order valence-electron chi connectivity index (χ0n) is 9.03. The van der Waals surface area contributed by atoms with Crippen molar-refractivity contribution in [2.45, 2.75) is 6.54 Å². The van der Waals surface area contributed by atoms with E-state index in [0.29, 0.717) is 10.2 Å². The zero-order valence-corrected chi connectivity index (χ0v) is 11.4. The minimum Gasteiger partial charge on any atom is -0.478 e. The number of nitrogens with zero attached hydrogens (tertiary/aromatic N) is 1. The molecule has 0 aliphatic heterocycles. The molecule has 1 aromatic carbocycles. The second kappa shape index (κ2) is 5.12. The normalized spacial score (nSPS) is 10.6. The number of hydrogen-bond donors (Lipinski definition) is 1. The summed E-state index contributed by atoms with van der Waals surface area (Å²) in [5.41, 5.74) is 0.542. The number of carbonyl (C=O) groups is 1. The molecule has 2 rings (SSSR count). The van der Waals surface area contributed by atoms with Crippen LogP contribution in [0, 0.1) is 5.82 Å².